The van der Waals surface area contributed by atoms with Crippen LogP contribution in [0.3, 0.4) is 0 Å². The number of carboxylic acid groups (broad SMARTS) is 1. The van der Waals surface area contributed by atoms with Crippen molar-refractivity contribution >= 4 is 27.6 Å². The molecule has 1 aliphatic rings. The summed E-state index contributed by atoms with van der Waals surface area (Å²) in [6.07, 6.45) is -1.57. The van der Waals surface area contributed by atoms with Gasteiger partial charge in [-0.3, -0.25) is 4.79 Å². The molecule has 3 N–H and O–H groups in total. The van der Waals surface area contributed by atoms with E-state index in [1.807, 2.05) is 42.7 Å². The van der Waals surface area contributed by atoms with E-state index < -0.39 is 22.2 Å². The molecule has 192 valence electrons. The normalized spacial score (nSPS) is 13.5. The number of imidazole rings is 1. The number of anilines is 1. The molecule has 0 radical (unpaired) electrons. The second kappa shape index (κ2) is 10.5. The van der Waals surface area contributed by atoms with E-state index in [2.05, 4.69) is 15.0 Å². The molecule has 1 saturated carbocycles. The number of halogens is 3. The van der Waals surface area contributed by atoms with Crippen molar-refractivity contribution in [1.29, 1.82) is 0 Å². The van der Waals surface area contributed by atoms with Crippen molar-refractivity contribution in [1.82, 2.24) is 14.3 Å². The van der Waals surface area contributed by atoms with Crippen LogP contribution in [0.25, 0.3) is 5.69 Å². The molecule has 1 aromatic heterocycles. The Morgan fingerprint density at radius 3 is 2.03 bits per heavy atom. The minimum atomic E-state index is -5.08. The molecule has 0 atom stereocenters. The number of hydrogen-bond acceptors (Lipinski definition) is 5. The van der Waals surface area contributed by atoms with E-state index in [0.29, 0.717) is 11.3 Å². The summed E-state index contributed by atoms with van der Waals surface area (Å²) in [4.78, 5) is 25.8. The molecule has 3 aromatic rings. The van der Waals surface area contributed by atoms with Crippen molar-refractivity contribution in [3.63, 3.8) is 0 Å². The molecular formula is C23H23F3N4O5S. The topological polar surface area (TPSA) is 130 Å². The number of aryl methyl sites for hydroxylation is 1. The van der Waals surface area contributed by atoms with E-state index in [9.17, 15) is 26.4 Å². The highest BCUT2D eigenvalue weighted by atomic mass is 32.2. The van der Waals surface area contributed by atoms with Crippen LogP contribution in [0.1, 0.15) is 34.6 Å². The van der Waals surface area contributed by atoms with Crippen LogP contribution >= 0.6 is 0 Å². The highest BCUT2D eigenvalue weighted by molar-refractivity contribution is 7.89. The molecule has 36 heavy (non-hydrogen) atoms. The van der Waals surface area contributed by atoms with Gasteiger partial charge < -0.3 is 15.0 Å². The first kappa shape index (κ1) is 26.9. The van der Waals surface area contributed by atoms with Gasteiger partial charge in [-0.2, -0.15) is 13.2 Å². The summed E-state index contributed by atoms with van der Waals surface area (Å²) >= 11 is 0. The molecule has 13 heteroatoms. The van der Waals surface area contributed by atoms with Gasteiger partial charge in [-0.05, 0) is 75.2 Å². The summed E-state index contributed by atoms with van der Waals surface area (Å²) in [5.74, 6) is -3.06. The first-order chi connectivity index (χ1) is 16.8. The lowest BCUT2D eigenvalue weighted by atomic mass is 10.2. The fourth-order valence-corrected chi connectivity index (χ4v) is 4.25. The summed E-state index contributed by atoms with van der Waals surface area (Å²) in [6, 6.07) is 13.4. The Morgan fingerprint density at radius 2 is 1.58 bits per heavy atom. The largest absolute Gasteiger partial charge is 0.490 e. The van der Waals surface area contributed by atoms with E-state index in [1.54, 1.807) is 6.33 Å². The predicted molar refractivity (Wildman–Crippen MR) is 124 cm³/mol. The van der Waals surface area contributed by atoms with Gasteiger partial charge in [-0.15, -0.1) is 0 Å². The molecule has 1 fully saturated rings. The fourth-order valence-electron chi connectivity index (χ4n) is 2.94. The Morgan fingerprint density at radius 1 is 1.03 bits per heavy atom. The number of carboxylic acids is 1. The minimum Gasteiger partial charge on any atom is -0.475 e. The number of alkyl halides is 3. The monoisotopic (exact) mass is 524 g/mol. The van der Waals surface area contributed by atoms with Crippen molar-refractivity contribution in [3.8, 4) is 5.69 Å². The lowest BCUT2D eigenvalue weighted by molar-refractivity contribution is -0.192. The predicted octanol–water partition coefficient (Wildman–Crippen LogP) is 3.82. The van der Waals surface area contributed by atoms with Gasteiger partial charge in [0.1, 0.15) is 0 Å². The zero-order chi connectivity index (χ0) is 26.7. The molecule has 0 aliphatic heterocycles. The quantitative estimate of drug-likeness (QED) is 0.450. The molecule has 2 aromatic carbocycles. The highest BCUT2D eigenvalue weighted by Gasteiger charge is 2.38. The first-order valence-electron chi connectivity index (χ1n) is 10.6. The van der Waals surface area contributed by atoms with E-state index in [0.717, 1.165) is 29.9 Å². The fraction of sp³-hybridized carbons (Fsp3) is 0.261. The number of nitrogens with one attached hydrogen (secondary N) is 2. The smallest absolute Gasteiger partial charge is 0.475 e. The SMILES string of the molecule is Cc1ncn(-c2ccc(NC(=O)c3ccc(S(=O)(=O)NC4CC4)cc3)cc2)c1C.O=C(O)C(F)(F)F. The second-order valence-electron chi connectivity index (χ2n) is 8.01. The van der Waals surface area contributed by atoms with Crippen LogP contribution in [0.4, 0.5) is 18.9 Å². The third kappa shape index (κ3) is 6.92. The number of carbonyl (C=O) groups is 2. The van der Waals surface area contributed by atoms with Crippen LogP contribution in [-0.4, -0.2) is 47.2 Å². The van der Waals surface area contributed by atoms with E-state index in [1.165, 1.54) is 24.3 Å². The Hall–Kier alpha value is -3.71. The standard InChI is InChI=1S/C21H22N4O3S.C2HF3O2/c1-14-15(2)25(13-22-14)19-9-7-17(8-10-19)23-21(26)16-3-11-20(12-4-16)29(27,28)24-18-5-6-18;3-2(4,5)1(6)7/h3-4,7-13,18,24H,5-6H2,1-2H3,(H,23,26);(H,6,7). The minimum absolute atomic E-state index is 0.0426. The molecule has 0 spiro atoms. The van der Waals surface area contributed by atoms with Crippen molar-refractivity contribution in [3.05, 3.63) is 71.8 Å². The maximum Gasteiger partial charge on any atom is 0.490 e. The number of nitrogens with zero attached hydrogens (tertiary/aromatic N) is 2. The van der Waals surface area contributed by atoms with Crippen LogP contribution in [0.5, 0.6) is 0 Å². The third-order valence-corrected chi connectivity index (χ3v) is 6.76. The number of hydrogen-bond donors (Lipinski definition) is 3. The summed E-state index contributed by atoms with van der Waals surface area (Å²) in [5.41, 5.74) is 4.04. The van der Waals surface area contributed by atoms with Gasteiger partial charge in [0.05, 0.1) is 16.9 Å². The second-order valence-corrected chi connectivity index (χ2v) is 9.72. The van der Waals surface area contributed by atoms with Gasteiger partial charge in [0.2, 0.25) is 10.0 Å². The number of rotatable bonds is 6. The number of amides is 1. The van der Waals surface area contributed by atoms with E-state index in [4.69, 9.17) is 9.90 Å². The van der Waals surface area contributed by atoms with Gasteiger partial charge in [0.25, 0.3) is 5.91 Å². The molecule has 1 amide bonds. The summed E-state index contributed by atoms with van der Waals surface area (Å²) in [5, 5.41) is 9.95. The summed E-state index contributed by atoms with van der Waals surface area (Å²) < 4.78 is 60.8. The average molecular weight is 525 g/mol. The summed E-state index contributed by atoms with van der Waals surface area (Å²) in [7, 11) is -3.52. The van der Waals surface area contributed by atoms with Crippen LogP contribution in [-0.2, 0) is 14.8 Å². The lowest BCUT2D eigenvalue weighted by Crippen LogP contribution is -2.25. The summed E-state index contributed by atoms with van der Waals surface area (Å²) in [6.45, 7) is 3.96. The molecule has 1 aliphatic carbocycles. The zero-order valence-corrected chi connectivity index (χ0v) is 20.0. The Bertz CT molecular complexity index is 1350. The third-order valence-electron chi connectivity index (χ3n) is 5.22. The number of carbonyl (C=O) groups excluding carboxylic acids is 1. The van der Waals surface area contributed by atoms with Crippen molar-refractivity contribution in [2.45, 2.75) is 43.8 Å². The number of aliphatic carboxylic acids is 1. The van der Waals surface area contributed by atoms with E-state index in [-0.39, 0.29) is 16.8 Å². The molecule has 0 bridgehead atoms. The van der Waals surface area contributed by atoms with Crippen LogP contribution in [0.2, 0.25) is 0 Å². The molecular weight excluding hydrogens is 501 g/mol. The average Bonchev–Trinajstić information content (AvgIpc) is 3.56. The maximum atomic E-state index is 12.5. The molecule has 0 saturated heterocycles. The van der Waals surface area contributed by atoms with Gasteiger partial charge in [0.15, 0.2) is 0 Å². The molecule has 9 nitrogen and oxygen atoms in total. The van der Waals surface area contributed by atoms with Gasteiger partial charge in [-0.1, -0.05) is 0 Å². The van der Waals surface area contributed by atoms with Crippen molar-refractivity contribution < 1.29 is 36.3 Å². The maximum absolute atomic E-state index is 12.5. The van der Waals surface area contributed by atoms with Crippen LogP contribution in [0.15, 0.2) is 59.8 Å². The van der Waals surface area contributed by atoms with Gasteiger partial charge >= 0.3 is 12.1 Å². The van der Waals surface area contributed by atoms with Crippen molar-refractivity contribution in [2.75, 3.05) is 5.32 Å². The Labute approximate surface area is 205 Å². The number of benzene rings is 2. The Balaban J connectivity index is 0.000000454. The highest BCUT2D eigenvalue weighted by Crippen LogP contribution is 2.23. The molecule has 1 heterocycles. The van der Waals surface area contributed by atoms with Crippen LogP contribution < -0.4 is 10.0 Å². The lowest BCUT2D eigenvalue weighted by Gasteiger charge is -2.09. The number of aromatic nitrogens is 2. The van der Waals surface area contributed by atoms with Crippen molar-refractivity contribution in [2.24, 2.45) is 0 Å². The van der Waals surface area contributed by atoms with Crippen LogP contribution in [0, 0.1) is 13.8 Å². The first-order valence-corrected chi connectivity index (χ1v) is 12.1. The van der Waals surface area contributed by atoms with E-state index >= 15 is 0 Å². The zero-order valence-electron chi connectivity index (χ0n) is 19.2. The molecule has 0 unspecified atom stereocenters. The Kier molecular flexibility index (Phi) is 7.84. The number of sulfonamides is 1. The van der Waals surface area contributed by atoms with Gasteiger partial charge in [-0.25, -0.2) is 22.9 Å². The molecule has 4 rings (SSSR count). The van der Waals surface area contributed by atoms with Gasteiger partial charge in [0, 0.05) is 28.7 Å².